The molecule has 0 spiro atoms. The highest BCUT2D eigenvalue weighted by molar-refractivity contribution is 7.83. The van der Waals surface area contributed by atoms with E-state index >= 15 is 0 Å². The molecule has 0 saturated heterocycles. The van der Waals surface area contributed by atoms with E-state index in [9.17, 15) is 9.00 Å². The maximum atomic E-state index is 12.1. The molecule has 24 heavy (non-hydrogen) atoms. The van der Waals surface area contributed by atoms with Crippen molar-refractivity contribution in [2.75, 3.05) is 6.54 Å². The molecule has 1 saturated carbocycles. The molecule has 0 aromatic carbocycles. The summed E-state index contributed by atoms with van der Waals surface area (Å²) in [7, 11) is -0.961. The van der Waals surface area contributed by atoms with Crippen molar-refractivity contribution in [2.45, 2.75) is 90.4 Å². The second kappa shape index (κ2) is 11.8. The number of hydrogen-bond donors (Lipinski definition) is 2. The first-order valence-electron chi connectivity index (χ1n) is 9.56. The monoisotopic (exact) mass is 356 g/mol. The largest absolute Gasteiger partial charge is 0.353 e. The van der Waals surface area contributed by atoms with Crippen LogP contribution in [0.5, 0.6) is 0 Å². The number of unbranched alkanes of at least 4 members (excludes halogenated alkanes) is 1. The Bertz CT molecular complexity index is 435. The molecular weight excluding hydrogens is 320 g/mol. The van der Waals surface area contributed by atoms with Crippen molar-refractivity contribution < 1.29 is 9.00 Å². The molecule has 140 valence electrons. The van der Waals surface area contributed by atoms with E-state index < -0.39 is 11.0 Å². The lowest BCUT2D eigenvalue weighted by atomic mass is 10.0. The van der Waals surface area contributed by atoms with Crippen molar-refractivity contribution in [3.63, 3.8) is 0 Å². The lowest BCUT2D eigenvalue weighted by Gasteiger charge is -2.16. The minimum Gasteiger partial charge on any atom is -0.353 e. The molecule has 0 radical (unpaired) electrons. The van der Waals surface area contributed by atoms with Crippen molar-refractivity contribution >= 4 is 16.9 Å². The summed E-state index contributed by atoms with van der Waals surface area (Å²) in [4.78, 5) is 12.1. The Morgan fingerprint density at radius 3 is 2.71 bits per heavy atom. The molecule has 2 N–H and O–H groups in total. The molecule has 3 unspecified atom stereocenters. The van der Waals surface area contributed by atoms with E-state index in [0.29, 0.717) is 13.0 Å². The van der Waals surface area contributed by atoms with E-state index in [1.165, 1.54) is 19.3 Å². The van der Waals surface area contributed by atoms with E-state index in [0.717, 1.165) is 31.6 Å². The average Bonchev–Trinajstić information content (AvgIpc) is 2.95. The first-order valence-corrected chi connectivity index (χ1v) is 10.8. The van der Waals surface area contributed by atoms with E-state index in [1.54, 1.807) is 5.57 Å². The first-order chi connectivity index (χ1) is 11.4. The van der Waals surface area contributed by atoms with Crippen molar-refractivity contribution in [3.05, 3.63) is 11.6 Å². The summed E-state index contributed by atoms with van der Waals surface area (Å²) in [6, 6.07) is 0.254. The predicted molar refractivity (Wildman–Crippen MR) is 103 cm³/mol. The van der Waals surface area contributed by atoms with E-state index in [4.69, 9.17) is 0 Å². The zero-order chi connectivity index (χ0) is 17.9. The van der Waals surface area contributed by atoms with Gasteiger partial charge >= 0.3 is 0 Å². The van der Waals surface area contributed by atoms with Crippen LogP contribution in [0, 0.1) is 5.92 Å². The van der Waals surface area contributed by atoms with Crippen molar-refractivity contribution in [3.8, 4) is 0 Å². The Morgan fingerprint density at radius 2 is 2.12 bits per heavy atom. The van der Waals surface area contributed by atoms with E-state index in [1.807, 2.05) is 13.8 Å². The molecule has 1 rings (SSSR count). The van der Waals surface area contributed by atoms with Crippen molar-refractivity contribution in [1.82, 2.24) is 10.0 Å². The number of hydrogen-bond acceptors (Lipinski definition) is 2. The van der Waals surface area contributed by atoms with Crippen LogP contribution in [0.25, 0.3) is 0 Å². The standard InChI is InChI=1S/C19H36N2O2S/c1-5-18(13-12-17-10-8-9-16(17)4)21-19(22)11-6-7-14-20-24(23)15(2)3/h12,15-16,18,20H,5-11,13-14H2,1-4H3,(H,21,22)/b17-12+. The number of amides is 1. The zero-order valence-corrected chi connectivity index (χ0v) is 16.7. The fourth-order valence-corrected chi connectivity index (χ4v) is 3.70. The molecule has 0 aromatic heterocycles. The maximum absolute atomic E-state index is 12.1. The maximum Gasteiger partial charge on any atom is 0.220 e. The van der Waals surface area contributed by atoms with Crippen molar-refractivity contribution in [2.24, 2.45) is 5.92 Å². The Hall–Kier alpha value is -0.680. The van der Waals surface area contributed by atoms with Crippen LogP contribution in [0.3, 0.4) is 0 Å². The zero-order valence-electron chi connectivity index (χ0n) is 15.9. The fraction of sp³-hybridized carbons (Fsp3) is 0.842. The Morgan fingerprint density at radius 1 is 1.38 bits per heavy atom. The van der Waals surface area contributed by atoms with Gasteiger partial charge in [-0.1, -0.05) is 25.5 Å². The summed E-state index contributed by atoms with van der Waals surface area (Å²) in [6.45, 7) is 9.01. The molecule has 1 fully saturated rings. The molecule has 0 aliphatic heterocycles. The highest BCUT2D eigenvalue weighted by atomic mass is 32.2. The third-order valence-corrected chi connectivity index (χ3v) is 6.11. The lowest BCUT2D eigenvalue weighted by molar-refractivity contribution is -0.121. The van der Waals surface area contributed by atoms with Crippen LogP contribution in [0.15, 0.2) is 11.6 Å². The Kier molecular flexibility index (Phi) is 10.5. The molecular formula is C19H36N2O2S. The third-order valence-electron chi connectivity index (χ3n) is 4.76. The van der Waals surface area contributed by atoms with Crippen LogP contribution >= 0.6 is 0 Å². The molecule has 5 heteroatoms. The predicted octanol–water partition coefficient (Wildman–Crippen LogP) is 3.85. The lowest BCUT2D eigenvalue weighted by Crippen LogP contribution is -2.34. The molecule has 1 aliphatic carbocycles. The van der Waals surface area contributed by atoms with Gasteiger partial charge in [-0.25, -0.2) is 8.93 Å². The molecule has 0 bridgehead atoms. The normalized spacial score (nSPS) is 22.0. The summed E-state index contributed by atoms with van der Waals surface area (Å²) < 4.78 is 14.5. The molecule has 0 heterocycles. The van der Waals surface area contributed by atoms with Crippen molar-refractivity contribution in [1.29, 1.82) is 0 Å². The molecule has 1 amide bonds. The van der Waals surface area contributed by atoms with Gasteiger partial charge in [0.05, 0.1) is 11.0 Å². The highest BCUT2D eigenvalue weighted by Crippen LogP contribution is 2.30. The third kappa shape index (κ3) is 8.43. The minimum atomic E-state index is -0.961. The smallest absolute Gasteiger partial charge is 0.220 e. The molecule has 1 aliphatic rings. The van der Waals surface area contributed by atoms with Gasteiger partial charge < -0.3 is 5.32 Å². The first kappa shape index (κ1) is 21.4. The number of rotatable bonds is 11. The number of carbonyl (C=O) groups is 1. The second-order valence-corrected chi connectivity index (χ2v) is 9.00. The van der Waals surface area contributed by atoms with Gasteiger partial charge in [0.15, 0.2) is 0 Å². The summed E-state index contributed by atoms with van der Waals surface area (Å²) in [5, 5.41) is 3.29. The van der Waals surface area contributed by atoms with Gasteiger partial charge in [-0.2, -0.15) is 0 Å². The van der Waals surface area contributed by atoms with Crippen LogP contribution < -0.4 is 10.0 Å². The van der Waals surface area contributed by atoms with Gasteiger partial charge in [0.2, 0.25) is 5.91 Å². The van der Waals surface area contributed by atoms with Crippen LogP contribution in [0.1, 0.15) is 79.1 Å². The summed E-state index contributed by atoms with van der Waals surface area (Å²) in [5.74, 6) is 0.867. The molecule has 0 aromatic rings. The fourth-order valence-electron chi connectivity index (χ4n) is 3.02. The van der Waals surface area contributed by atoms with Gasteiger partial charge in [-0.15, -0.1) is 0 Å². The second-order valence-electron chi connectivity index (χ2n) is 7.18. The molecule has 3 atom stereocenters. The average molecular weight is 357 g/mol. The van der Waals surface area contributed by atoms with Gasteiger partial charge in [-0.05, 0) is 64.7 Å². The van der Waals surface area contributed by atoms with E-state index in [2.05, 4.69) is 30.0 Å². The van der Waals surface area contributed by atoms with E-state index in [-0.39, 0.29) is 17.2 Å². The van der Waals surface area contributed by atoms with Crippen LogP contribution in [0.4, 0.5) is 0 Å². The number of carbonyl (C=O) groups excluding carboxylic acids is 1. The van der Waals surface area contributed by atoms with Gasteiger partial charge in [-0.3, -0.25) is 4.79 Å². The van der Waals surface area contributed by atoms with Gasteiger partial charge in [0.25, 0.3) is 0 Å². The summed E-state index contributed by atoms with van der Waals surface area (Å²) in [6.07, 6.45) is 10.4. The summed E-state index contributed by atoms with van der Waals surface area (Å²) in [5.41, 5.74) is 1.58. The SMILES string of the molecule is CCC(C/C=C1\CCCC1C)NC(=O)CCCCNS(=O)C(C)C. The number of allylic oxidation sites excluding steroid dienone is 1. The molecule has 4 nitrogen and oxygen atoms in total. The highest BCUT2D eigenvalue weighted by Gasteiger charge is 2.16. The minimum absolute atomic E-state index is 0.135. The Balaban J connectivity index is 2.19. The quantitative estimate of drug-likeness (QED) is 0.436. The Labute approximate surface area is 150 Å². The van der Waals surface area contributed by atoms with Crippen LogP contribution in [-0.4, -0.2) is 28.0 Å². The van der Waals surface area contributed by atoms with Crippen LogP contribution in [-0.2, 0) is 15.8 Å². The summed E-state index contributed by atoms with van der Waals surface area (Å²) >= 11 is 0. The van der Waals surface area contributed by atoms with Crippen LogP contribution in [0.2, 0.25) is 0 Å². The van der Waals surface area contributed by atoms with Gasteiger partial charge in [0, 0.05) is 24.3 Å². The number of nitrogens with one attached hydrogen (secondary N) is 2. The topological polar surface area (TPSA) is 58.2 Å². The van der Waals surface area contributed by atoms with Gasteiger partial charge in [0.1, 0.15) is 0 Å².